The lowest BCUT2D eigenvalue weighted by Gasteiger charge is -2.32. The summed E-state index contributed by atoms with van der Waals surface area (Å²) in [6.45, 7) is 3.10. The number of aromatic nitrogens is 2. The smallest absolute Gasteiger partial charge is 0.289 e. The summed E-state index contributed by atoms with van der Waals surface area (Å²) in [6.07, 6.45) is 5.59. The molecule has 5 nitrogen and oxygen atoms in total. The molecule has 0 unspecified atom stereocenters. The summed E-state index contributed by atoms with van der Waals surface area (Å²) >= 11 is 0. The van der Waals surface area contributed by atoms with Gasteiger partial charge in [0.2, 0.25) is 0 Å². The number of hydrogen-bond acceptors (Lipinski definition) is 3. The molecule has 1 saturated heterocycles. The first-order valence-corrected chi connectivity index (χ1v) is 8.10. The summed E-state index contributed by atoms with van der Waals surface area (Å²) in [7, 11) is 0. The molecule has 0 bridgehead atoms. The molecule has 3 aromatic rings. The second-order valence-electron chi connectivity index (χ2n) is 6.23. The zero-order valence-electron chi connectivity index (χ0n) is 13.4. The molecule has 1 aliphatic rings. The molecule has 6 heteroatoms. The minimum absolute atomic E-state index is 0.138. The van der Waals surface area contributed by atoms with Crippen LogP contribution in [0.4, 0.5) is 4.39 Å². The number of halogens is 1. The van der Waals surface area contributed by atoms with Crippen LogP contribution in [0.25, 0.3) is 11.0 Å². The average molecular weight is 327 g/mol. The lowest BCUT2D eigenvalue weighted by Crippen LogP contribution is -2.40. The Hall–Kier alpha value is -2.63. The Kier molecular flexibility index (Phi) is 3.59. The molecule has 2 aromatic heterocycles. The Morgan fingerprint density at radius 2 is 2.29 bits per heavy atom. The molecule has 0 N–H and O–H groups in total. The number of carbonyl (C=O) groups is 1. The highest BCUT2D eigenvalue weighted by molar-refractivity contribution is 5.99. The molecule has 0 aliphatic carbocycles. The first-order chi connectivity index (χ1) is 11.6. The van der Waals surface area contributed by atoms with Gasteiger partial charge < -0.3 is 9.32 Å². The van der Waals surface area contributed by atoms with Crippen LogP contribution in [-0.4, -0.2) is 33.7 Å². The van der Waals surface area contributed by atoms with E-state index >= 15 is 0 Å². The maximum Gasteiger partial charge on any atom is 0.289 e. The van der Waals surface area contributed by atoms with Crippen molar-refractivity contribution in [2.24, 2.45) is 0 Å². The van der Waals surface area contributed by atoms with Gasteiger partial charge in [0.1, 0.15) is 11.4 Å². The number of carbonyl (C=O) groups excluding carboxylic acids is 1. The first kappa shape index (κ1) is 14.9. The van der Waals surface area contributed by atoms with Gasteiger partial charge in [-0.1, -0.05) is 0 Å². The normalized spacial score (nSPS) is 18.2. The molecule has 1 atom stereocenters. The second kappa shape index (κ2) is 5.78. The zero-order valence-corrected chi connectivity index (χ0v) is 13.4. The minimum Gasteiger partial charge on any atom is -0.451 e. The Balaban J connectivity index is 1.62. The fourth-order valence-electron chi connectivity index (χ4n) is 3.39. The molecule has 0 radical (unpaired) electrons. The largest absolute Gasteiger partial charge is 0.451 e. The van der Waals surface area contributed by atoms with Crippen molar-refractivity contribution in [3.05, 3.63) is 53.8 Å². The molecule has 0 saturated carbocycles. The Morgan fingerprint density at radius 3 is 3.08 bits per heavy atom. The maximum absolute atomic E-state index is 13.4. The monoisotopic (exact) mass is 327 g/mol. The topological polar surface area (TPSA) is 51.3 Å². The van der Waals surface area contributed by atoms with Crippen molar-refractivity contribution in [2.45, 2.75) is 25.8 Å². The third-order valence-corrected chi connectivity index (χ3v) is 4.68. The van der Waals surface area contributed by atoms with E-state index in [0.717, 1.165) is 12.8 Å². The number of benzene rings is 1. The summed E-state index contributed by atoms with van der Waals surface area (Å²) in [5, 5.41) is 4.93. The molecule has 1 aromatic carbocycles. The average Bonchev–Trinajstić information content (AvgIpc) is 3.24. The van der Waals surface area contributed by atoms with Crippen molar-refractivity contribution in [1.82, 2.24) is 14.7 Å². The van der Waals surface area contributed by atoms with Crippen molar-refractivity contribution in [3.63, 3.8) is 0 Å². The second-order valence-corrected chi connectivity index (χ2v) is 6.23. The van der Waals surface area contributed by atoms with Crippen molar-refractivity contribution in [2.75, 3.05) is 13.1 Å². The predicted octanol–water partition coefficient (Wildman–Crippen LogP) is 3.55. The number of likely N-dealkylation sites (tertiary alicyclic amines) is 1. The van der Waals surface area contributed by atoms with Gasteiger partial charge in [0.25, 0.3) is 5.91 Å². The van der Waals surface area contributed by atoms with Crippen LogP contribution in [0, 0.1) is 12.7 Å². The number of hydrogen-bond donors (Lipinski definition) is 0. The molecule has 1 fully saturated rings. The third-order valence-electron chi connectivity index (χ3n) is 4.68. The van der Waals surface area contributed by atoms with Gasteiger partial charge in [-0.3, -0.25) is 9.48 Å². The van der Waals surface area contributed by atoms with Crippen molar-refractivity contribution >= 4 is 16.9 Å². The highest BCUT2D eigenvalue weighted by atomic mass is 19.1. The number of furan rings is 1. The number of aryl methyl sites for hydroxylation is 1. The van der Waals surface area contributed by atoms with E-state index in [9.17, 15) is 9.18 Å². The van der Waals surface area contributed by atoms with Crippen molar-refractivity contribution in [3.8, 4) is 0 Å². The van der Waals surface area contributed by atoms with Crippen LogP contribution in [0.3, 0.4) is 0 Å². The van der Waals surface area contributed by atoms with Crippen LogP contribution >= 0.6 is 0 Å². The summed E-state index contributed by atoms with van der Waals surface area (Å²) in [4.78, 5) is 14.7. The molecule has 124 valence electrons. The van der Waals surface area contributed by atoms with Gasteiger partial charge in [-0.05, 0) is 44.0 Å². The molecule has 3 heterocycles. The van der Waals surface area contributed by atoms with Gasteiger partial charge in [-0.25, -0.2) is 4.39 Å². The molecule has 1 aliphatic heterocycles. The third kappa shape index (κ3) is 2.48. The van der Waals surface area contributed by atoms with E-state index in [2.05, 4.69) is 5.10 Å². The fraction of sp³-hybridized carbons (Fsp3) is 0.333. The fourth-order valence-corrected chi connectivity index (χ4v) is 3.39. The van der Waals surface area contributed by atoms with Crippen LogP contribution in [0.15, 0.2) is 41.1 Å². The van der Waals surface area contributed by atoms with Crippen LogP contribution in [0.1, 0.15) is 35.0 Å². The lowest BCUT2D eigenvalue weighted by atomic mass is 10.0. The Labute approximate surface area is 138 Å². The summed E-state index contributed by atoms with van der Waals surface area (Å²) in [5.74, 6) is -0.167. The van der Waals surface area contributed by atoms with E-state index in [0.29, 0.717) is 35.4 Å². The predicted molar refractivity (Wildman–Crippen MR) is 87.3 cm³/mol. The number of fused-ring (bicyclic) bond motifs is 1. The summed E-state index contributed by atoms with van der Waals surface area (Å²) in [5.41, 5.74) is 1.23. The molecule has 4 rings (SSSR count). The minimum atomic E-state index is -0.331. The van der Waals surface area contributed by atoms with Gasteiger partial charge in [0.05, 0.1) is 6.04 Å². The van der Waals surface area contributed by atoms with E-state index in [1.807, 2.05) is 16.9 Å². The molecular weight excluding hydrogens is 309 g/mol. The molecular formula is C18H18FN3O2. The molecule has 24 heavy (non-hydrogen) atoms. The van der Waals surface area contributed by atoms with Crippen molar-refractivity contribution in [1.29, 1.82) is 0 Å². The number of piperidine rings is 1. The van der Waals surface area contributed by atoms with Gasteiger partial charge in [-0.15, -0.1) is 0 Å². The van der Waals surface area contributed by atoms with E-state index < -0.39 is 0 Å². The summed E-state index contributed by atoms with van der Waals surface area (Å²) in [6, 6.07) is 6.39. The number of amides is 1. The van der Waals surface area contributed by atoms with E-state index in [-0.39, 0.29) is 17.8 Å². The zero-order chi connectivity index (χ0) is 16.7. The van der Waals surface area contributed by atoms with Gasteiger partial charge in [0.15, 0.2) is 5.76 Å². The van der Waals surface area contributed by atoms with Crippen LogP contribution in [-0.2, 0) is 0 Å². The highest BCUT2D eigenvalue weighted by Crippen LogP contribution is 2.29. The van der Waals surface area contributed by atoms with Crippen LogP contribution in [0.5, 0.6) is 0 Å². The SMILES string of the molecule is Cc1c(C(=O)N2CCC[C@H](n3cccn3)C2)oc2ccc(F)cc12. The Bertz CT molecular complexity index is 885. The van der Waals surface area contributed by atoms with Gasteiger partial charge >= 0.3 is 0 Å². The van der Waals surface area contributed by atoms with Crippen LogP contribution < -0.4 is 0 Å². The number of rotatable bonds is 2. The Morgan fingerprint density at radius 1 is 1.42 bits per heavy atom. The standard InChI is InChI=1S/C18H18FN3O2/c1-12-15-10-13(19)5-6-16(15)24-17(12)18(23)21-8-2-4-14(11-21)22-9-3-7-20-22/h3,5-7,9-10,14H,2,4,8,11H2,1H3/t14-/m0/s1. The van der Waals surface area contributed by atoms with Crippen molar-refractivity contribution < 1.29 is 13.6 Å². The molecule has 1 amide bonds. The maximum atomic E-state index is 13.4. The molecule has 0 spiro atoms. The van der Waals surface area contributed by atoms with Gasteiger partial charge in [-0.2, -0.15) is 5.10 Å². The quantitative estimate of drug-likeness (QED) is 0.723. The lowest BCUT2D eigenvalue weighted by molar-refractivity contribution is 0.0642. The van der Waals surface area contributed by atoms with E-state index in [1.54, 1.807) is 24.1 Å². The highest BCUT2D eigenvalue weighted by Gasteiger charge is 2.29. The summed E-state index contributed by atoms with van der Waals surface area (Å²) < 4.78 is 21.1. The van der Waals surface area contributed by atoms with E-state index in [1.165, 1.54) is 12.1 Å². The number of nitrogens with zero attached hydrogens (tertiary/aromatic N) is 3. The van der Waals surface area contributed by atoms with Crippen LogP contribution in [0.2, 0.25) is 0 Å². The van der Waals surface area contributed by atoms with Gasteiger partial charge in [0, 0.05) is 36.4 Å². The van der Waals surface area contributed by atoms with E-state index in [4.69, 9.17) is 4.42 Å². The first-order valence-electron chi connectivity index (χ1n) is 8.10.